The summed E-state index contributed by atoms with van der Waals surface area (Å²) in [6.45, 7) is 2.73. The molecule has 0 fully saturated rings. The Morgan fingerprint density at radius 3 is 2.68 bits per heavy atom. The van der Waals surface area contributed by atoms with Gasteiger partial charge in [0.1, 0.15) is 5.82 Å². The molecule has 0 aliphatic carbocycles. The first-order valence-corrected chi connectivity index (χ1v) is 9.10. The van der Waals surface area contributed by atoms with Gasteiger partial charge in [0.15, 0.2) is 0 Å². The number of nitrogens with one attached hydrogen (secondary N) is 2. The van der Waals surface area contributed by atoms with Gasteiger partial charge in [-0.3, -0.25) is 9.78 Å². The lowest BCUT2D eigenvalue weighted by Crippen LogP contribution is -2.13. The van der Waals surface area contributed by atoms with Gasteiger partial charge >= 0.3 is 0 Å². The van der Waals surface area contributed by atoms with Crippen molar-refractivity contribution in [1.29, 1.82) is 0 Å². The third-order valence-corrected chi connectivity index (χ3v) is 4.62. The van der Waals surface area contributed by atoms with E-state index in [4.69, 9.17) is 0 Å². The maximum atomic E-state index is 12.7. The van der Waals surface area contributed by atoms with Crippen LogP contribution in [0, 0.1) is 6.92 Å². The van der Waals surface area contributed by atoms with Gasteiger partial charge in [0.25, 0.3) is 5.91 Å². The van der Waals surface area contributed by atoms with Crippen LogP contribution < -0.4 is 10.6 Å². The van der Waals surface area contributed by atoms with Gasteiger partial charge in [-0.15, -0.1) is 0 Å². The molecule has 0 spiro atoms. The van der Waals surface area contributed by atoms with Gasteiger partial charge in [-0.1, -0.05) is 42.5 Å². The van der Waals surface area contributed by atoms with E-state index in [1.807, 2.05) is 42.5 Å². The smallest absolute Gasteiger partial charge is 0.255 e. The van der Waals surface area contributed by atoms with Gasteiger partial charge in [0, 0.05) is 29.9 Å². The maximum absolute atomic E-state index is 12.7. The highest BCUT2D eigenvalue weighted by molar-refractivity contribution is 6.08. The molecule has 0 saturated carbocycles. The van der Waals surface area contributed by atoms with E-state index in [-0.39, 0.29) is 5.91 Å². The standard InChI is InChI=1S/C23H20N4O/c1-16-6-2-3-7-19(16)15-26-21-14-18(11-13-24-21)23(28)27-20-10-4-8-17-9-5-12-25-22(17)20/h2-14H,15H2,1H3,(H,24,26)(H,27,28). The number of anilines is 2. The van der Waals surface area contributed by atoms with Crippen molar-refractivity contribution in [2.45, 2.75) is 13.5 Å². The minimum Gasteiger partial charge on any atom is -0.366 e. The van der Waals surface area contributed by atoms with Crippen LogP contribution in [-0.4, -0.2) is 15.9 Å². The fourth-order valence-corrected chi connectivity index (χ4v) is 3.06. The van der Waals surface area contributed by atoms with E-state index in [1.54, 1.807) is 24.5 Å². The van der Waals surface area contributed by atoms with E-state index in [9.17, 15) is 4.79 Å². The minimum absolute atomic E-state index is 0.195. The lowest BCUT2D eigenvalue weighted by Gasteiger charge is -2.10. The average Bonchev–Trinajstić information content (AvgIpc) is 2.74. The Hall–Kier alpha value is -3.73. The summed E-state index contributed by atoms with van der Waals surface area (Å²) in [5.74, 6) is 0.464. The molecule has 0 aliphatic rings. The molecule has 2 N–H and O–H groups in total. The highest BCUT2D eigenvalue weighted by Crippen LogP contribution is 2.21. The molecular formula is C23H20N4O. The minimum atomic E-state index is -0.195. The molecule has 138 valence electrons. The zero-order valence-corrected chi connectivity index (χ0v) is 15.5. The predicted molar refractivity (Wildman–Crippen MR) is 112 cm³/mol. The van der Waals surface area contributed by atoms with Crippen molar-refractivity contribution in [1.82, 2.24) is 9.97 Å². The second-order valence-corrected chi connectivity index (χ2v) is 6.54. The molecule has 4 aromatic rings. The van der Waals surface area contributed by atoms with Crippen molar-refractivity contribution in [3.8, 4) is 0 Å². The number of carbonyl (C=O) groups excluding carboxylic acids is 1. The van der Waals surface area contributed by atoms with Crippen molar-refractivity contribution in [2.75, 3.05) is 10.6 Å². The van der Waals surface area contributed by atoms with E-state index >= 15 is 0 Å². The summed E-state index contributed by atoms with van der Waals surface area (Å²) in [4.78, 5) is 21.4. The maximum Gasteiger partial charge on any atom is 0.255 e. The Kier molecular flexibility index (Phi) is 4.97. The number of amides is 1. The van der Waals surface area contributed by atoms with Crippen molar-refractivity contribution >= 4 is 28.3 Å². The number of rotatable bonds is 5. The molecule has 0 bridgehead atoms. The first-order chi connectivity index (χ1) is 13.7. The van der Waals surface area contributed by atoms with Gasteiger partial charge in [-0.2, -0.15) is 0 Å². The summed E-state index contributed by atoms with van der Waals surface area (Å²) in [7, 11) is 0. The molecule has 0 atom stereocenters. The van der Waals surface area contributed by atoms with Crippen LogP contribution in [0.1, 0.15) is 21.5 Å². The number of hydrogen-bond acceptors (Lipinski definition) is 4. The van der Waals surface area contributed by atoms with Crippen molar-refractivity contribution in [2.24, 2.45) is 0 Å². The second kappa shape index (κ2) is 7.88. The first-order valence-electron chi connectivity index (χ1n) is 9.10. The fourth-order valence-electron chi connectivity index (χ4n) is 3.06. The van der Waals surface area contributed by atoms with E-state index in [1.165, 1.54) is 11.1 Å². The quantitative estimate of drug-likeness (QED) is 0.531. The van der Waals surface area contributed by atoms with Gasteiger partial charge in [-0.25, -0.2) is 4.98 Å². The monoisotopic (exact) mass is 368 g/mol. The van der Waals surface area contributed by atoms with E-state index < -0.39 is 0 Å². The molecule has 1 amide bonds. The first kappa shape index (κ1) is 17.7. The highest BCUT2D eigenvalue weighted by atomic mass is 16.1. The van der Waals surface area contributed by atoms with Crippen LogP contribution in [0.25, 0.3) is 10.9 Å². The molecule has 2 aromatic carbocycles. The molecule has 0 aliphatic heterocycles. The number of aryl methyl sites for hydroxylation is 1. The number of aromatic nitrogens is 2. The Morgan fingerprint density at radius 1 is 0.929 bits per heavy atom. The number of hydrogen-bond donors (Lipinski definition) is 2. The summed E-state index contributed by atoms with van der Waals surface area (Å²) in [6.07, 6.45) is 3.36. The summed E-state index contributed by atoms with van der Waals surface area (Å²) >= 11 is 0. The number of fused-ring (bicyclic) bond motifs is 1. The lowest BCUT2D eigenvalue weighted by molar-refractivity contribution is 0.102. The predicted octanol–water partition coefficient (Wildman–Crippen LogP) is 4.80. The SMILES string of the molecule is Cc1ccccc1CNc1cc(C(=O)Nc2cccc3cccnc23)ccn1. The molecule has 0 radical (unpaired) electrons. The average molecular weight is 368 g/mol. The largest absolute Gasteiger partial charge is 0.366 e. The summed E-state index contributed by atoms with van der Waals surface area (Å²) in [5, 5.41) is 7.22. The van der Waals surface area contributed by atoms with Crippen LogP contribution in [-0.2, 0) is 6.54 Å². The molecule has 5 nitrogen and oxygen atoms in total. The Balaban J connectivity index is 1.50. The van der Waals surface area contributed by atoms with Crippen molar-refractivity contribution in [3.63, 3.8) is 0 Å². The zero-order valence-electron chi connectivity index (χ0n) is 15.5. The third-order valence-electron chi connectivity index (χ3n) is 4.62. The normalized spacial score (nSPS) is 10.6. The van der Waals surface area contributed by atoms with E-state index in [0.29, 0.717) is 23.6 Å². The Labute approximate surface area is 163 Å². The summed E-state index contributed by atoms with van der Waals surface area (Å²) in [5.41, 5.74) is 4.41. The Morgan fingerprint density at radius 2 is 1.79 bits per heavy atom. The lowest BCUT2D eigenvalue weighted by atomic mass is 10.1. The molecule has 5 heteroatoms. The number of para-hydroxylation sites is 1. The number of pyridine rings is 2. The van der Waals surface area contributed by atoms with Crippen LogP contribution in [0.3, 0.4) is 0 Å². The van der Waals surface area contributed by atoms with E-state index in [0.717, 1.165) is 10.9 Å². The molecule has 4 rings (SSSR count). The molecule has 2 heterocycles. The molecule has 2 aromatic heterocycles. The highest BCUT2D eigenvalue weighted by Gasteiger charge is 2.10. The number of nitrogens with zero attached hydrogens (tertiary/aromatic N) is 2. The zero-order chi connectivity index (χ0) is 19.3. The third kappa shape index (κ3) is 3.83. The van der Waals surface area contributed by atoms with Crippen LogP contribution in [0.2, 0.25) is 0 Å². The van der Waals surface area contributed by atoms with Gasteiger partial charge < -0.3 is 10.6 Å². The molecule has 0 unspecified atom stereocenters. The van der Waals surface area contributed by atoms with Crippen molar-refractivity contribution in [3.05, 3.63) is 95.8 Å². The summed E-state index contributed by atoms with van der Waals surface area (Å²) in [6, 6.07) is 21.2. The van der Waals surface area contributed by atoms with E-state index in [2.05, 4.69) is 39.7 Å². The van der Waals surface area contributed by atoms with Crippen molar-refractivity contribution < 1.29 is 4.79 Å². The second-order valence-electron chi connectivity index (χ2n) is 6.54. The molecule has 0 saturated heterocycles. The summed E-state index contributed by atoms with van der Waals surface area (Å²) < 4.78 is 0. The fraction of sp³-hybridized carbons (Fsp3) is 0.0870. The molecular weight excluding hydrogens is 348 g/mol. The Bertz CT molecular complexity index is 1130. The molecule has 28 heavy (non-hydrogen) atoms. The number of carbonyl (C=O) groups is 1. The van der Waals surface area contributed by atoms with Crippen LogP contribution >= 0.6 is 0 Å². The van der Waals surface area contributed by atoms with Crippen LogP contribution in [0.15, 0.2) is 79.1 Å². The van der Waals surface area contributed by atoms with Gasteiger partial charge in [0.05, 0.1) is 11.2 Å². The number of benzene rings is 2. The topological polar surface area (TPSA) is 66.9 Å². The van der Waals surface area contributed by atoms with Gasteiger partial charge in [-0.05, 0) is 42.3 Å². The van der Waals surface area contributed by atoms with Gasteiger partial charge in [0.2, 0.25) is 0 Å². The van der Waals surface area contributed by atoms with Crippen LogP contribution in [0.5, 0.6) is 0 Å². The van der Waals surface area contributed by atoms with Crippen LogP contribution in [0.4, 0.5) is 11.5 Å².